The Labute approximate surface area is 120 Å². The maximum absolute atomic E-state index is 12.7. The van der Waals surface area contributed by atoms with E-state index in [1.807, 2.05) is 9.80 Å². The molecule has 2 unspecified atom stereocenters. The zero-order valence-corrected chi connectivity index (χ0v) is 12.8. The molecule has 2 heterocycles. The van der Waals surface area contributed by atoms with Crippen LogP contribution >= 0.6 is 0 Å². The lowest BCUT2D eigenvalue weighted by Gasteiger charge is -2.40. The number of carboxylic acid groups (broad SMARTS) is 1. The monoisotopic (exact) mass is 282 g/mol. The largest absolute Gasteiger partial charge is 0.481 e. The van der Waals surface area contributed by atoms with Crippen LogP contribution in [0.15, 0.2) is 0 Å². The molecule has 2 rings (SSSR count). The number of aliphatic carboxylic acids is 1. The van der Waals surface area contributed by atoms with Crippen molar-refractivity contribution in [2.24, 2.45) is 5.41 Å². The quantitative estimate of drug-likeness (QED) is 0.846. The maximum atomic E-state index is 12.7. The number of carbonyl (C=O) groups is 2. The van der Waals surface area contributed by atoms with Crippen LogP contribution in [0.5, 0.6) is 0 Å². The van der Waals surface area contributed by atoms with Crippen LogP contribution in [0.4, 0.5) is 4.79 Å². The van der Waals surface area contributed by atoms with Crippen molar-refractivity contribution in [1.82, 2.24) is 9.80 Å². The highest BCUT2D eigenvalue weighted by Crippen LogP contribution is 2.33. The van der Waals surface area contributed by atoms with Gasteiger partial charge in [0, 0.05) is 25.2 Å². The standard InChI is InChI=1S/C15H26N2O3/c1-4-12-6-5-11(2)17(12)14(20)16-9-7-15(3,8-10-16)13(18)19/h11-12H,4-10H2,1-3H3,(H,18,19). The Morgan fingerprint density at radius 3 is 2.35 bits per heavy atom. The Morgan fingerprint density at radius 1 is 1.25 bits per heavy atom. The topological polar surface area (TPSA) is 60.9 Å². The molecule has 2 aliphatic rings. The fourth-order valence-corrected chi connectivity index (χ4v) is 3.39. The van der Waals surface area contributed by atoms with Crippen LogP contribution in [0.1, 0.15) is 52.9 Å². The molecule has 5 nitrogen and oxygen atoms in total. The highest BCUT2D eigenvalue weighted by Gasteiger charge is 2.41. The van der Waals surface area contributed by atoms with Crippen LogP contribution < -0.4 is 0 Å². The van der Waals surface area contributed by atoms with E-state index in [1.54, 1.807) is 6.92 Å². The van der Waals surface area contributed by atoms with E-state index in [0.29, 0.717) is 38.0 Å². The van der Waals surface area contributed by atoms with Gasteiger partial charge in [-0.3, -0.25) is 4.79 Å². The molecule has 2 aliphatic heterocycles. The van der Waals surface area contributed by atoms with Gasteiger partial charge in [0.05, 0.1) is 5.41 Å². The van der Waals surface area contributed by atoms with Crippen LogP contribution in [0, 0.1) is 5.41 Å². The number of hydrogen-bond acceptors (Lipinski definition) is 2. The maximum Gasteiger partial charge on any atom is 0.320 e. The van der Waals surface area contributed by atoms with Crippen molar-refractivity contribution in [3.05, 3.63) is 0 Å². The third-order valence-electron chi connectivity index (χ3n) is 5.13. The average molecular weight is 282 g/mol. The van der Waals surface area contributed by atoms with Crippen LogP contribution in [-0.4, -0.2) is 52.1 Å². The summed E-state index contributed by atoms with van der Waals surface area (Å²) in [5, 5.41) is 9.24. The minimum atomic E-state index is -0.745. The summed E-state index contributed by atoms with van der Waals surface area (Å²) in [5.74, 6) is -0.745. The Hall–Kier alpha value is -1.26. The molecule has 0 aromatic rings. The minimum absolute atomic E-state index is 0.106. The lowest BCUT2D eigenvalue weighted by Crippen LogP contribution is -2.52. The van der Waals surface area contributed by atoms with Gasteiger partial charge < -0.3 is 14.9 Å². The molecule has 2 amide bonds. The normalized spacial score (nSPS) is 29.6. The third kappa shape index (κ3) is 2.63. The lowest BCUT2D eigenvalue weighted by atomic mass is 9.80. The highest BCUT2D eigenvalue weighted by atomic mass is 16.4. The van der Waals surface area contributed by atoms with E-state index in [9.17, 15) is 14.7 Å². The summed E-state index contributed by atoms with van der Waals surface area (Å²) in [5.41, 5.74) is -0.669. The first kappa shape index (κ1) is 15.1. The average Bonchev–Trinajstić information content (AvgIpc) is 2.79. The Balaban J connectivity index is 2.00. The van der Waals surface area contributed by atoms with Gasteiger partial charge in [-0.15, -0.1) is 0 Å². The Morgan fingerprint density at radius 2 is 1.85 bits per heavy atom. The number of amides is 2. The first-order valence-electron chi connectivity index (χ1n) is 7.69. The fourth-order valence-electron chi connectivity index (χ4n) is 3.39. The molecule has 0 saturated carbocycles. The van der Waals surface area contributed by atoms with E-state index in [1.165, 1.54) is 0 Å². The number of urea groups is 1. The fraction of sp³-hybridized carbons (Fsp3) is 0.867. The first-order valence-corrected chi connectivity index (χ1v) is 7.69. The second-order valence-electron chi connectivity index (χ2n) is 6.53. The minimum Gasteiger partial charge on any atom is -0.481 e. The van der Waals surface area contributed by atoms with Gasteiger partial charge in [0.25, 0.3) is 0 Å². The summed E-state index contributed by atoms with van der Waals surface area (Å²) in [7, 11) is 0. The molecule has 2 fully saturated rings. The van der Waals surface area contributed by atoms with Crippen molar-refractivity contribution in [3.63, 3.8) is 0 Å². The van der Waals surface area contributed by atoms with Crippen molar-refractivity contribution < 1.29 is 14.7 Å². The number of carboxylic acids is 1. The molecule has 2 saturated heterocycles. The van der Waals surface area contributed by atoms with Gasteiger partial charge in [0.2, 0.25) is 0 Å². The van der Waals surface area contributed by atoms with Crippen molar-refractivity contribution in [3.8, 4) is 0 Å². The second-order valence-corrected chi connectivity index (χ2v) is 6.53. The van der Waals surface area contributed by atoms with Gasteiger partial charge in [-0.1, -0.05) is 6.92 Å². The molecule has 0 aliphatic carbocycles. The SMILES string of the molecule is CCC1CCC(C)N1C(=O)N1CCC(C)(C(=O)O)CC1. The molecule has 0 aromatic heterocycles. The van der Waals surface area contributed by atoms with E-state index in [0.717, 1.165) is 19.3 Å². The summed E-state index contributed by atoms with van der Waals surface area (Å²) in [4.78, 5) is 27.8. The van der Waals surface area contributed by atoms with Crippen molar-refractivity contribution in [1.29, 1.82) is 0 Å². The van der Waals surface area contributed by atoms with Gasteiger partial charge >= 0.3 is 12.0 Å². The molecule has 0 radical (unpaired) electrons. The first-order chi connectivity index (χ1) is 9.39. The number of carbonyl (C=O) groups excluding carboxylic acids is 1. The number of likely N-dealkylation sites (tertiary alicyclic amines) is 2. The zero-order valence-electron chi connectivity index (χ0n) is 12.8. The second kappa shape index (κ2) is 5.62. The molecule has 0 aromatic carbocycles. The summed E-state index contributed by atoms with van der Waals surface area (Å²) in [6, 6.07) is 0.764. The van der Waals surface area contributed by atoms with Gasteiger partial charge in [0.15, 0.2) is 0 Å². The number of nitrogens with zero attached hydrogens (tertiary/aromatic N) is 2. The summed E-state index contributed by atoms with van der Waals surface area (Å²) < 4.78 is 0. The van der Waals surface area contributed by atoms with Crippen LogP contribution in [-0.2, 0) is 4.79 Å². The van der Waals surface area contributed by atoms with E-state index in [-0.39, 0.29) is 6.03 Å². The Kier molecular flexibility index (Phi) is 4.25. The van der Waals surface area contributed by atoms with Crippen LogP contribution in [0.3, 0.4) is 0 Å². The van der Waals surface area contributed by atoms with E-state index >= 15 is 0 Å². The molecule has 114 valence electrons. The van der Waals surface area contributed by atoms with Gasteiger partial charge in [-0.05, 0) is 46.0 Å². The van der Waals surface area contributed by atoms with Gasteiger partial charge in [-0.25, -0.2) is 4.79 Å². The van der Waals surface area contributed by atoms with E-state index in [2.05, 4.69) is 13.8 Å². The summed E-state index contributed by atoms with van der Waals surface area (Å²) in [6.07, 6.45) is 4.26. The molecule has 2 atom stereocenters. The zero-order chi connectivity index (χ0) is 14.9. The number of rotatable bonds is 2. The summed E-state index contributed by atoms with van der Waals surface area (Å²) >= 11 is 0. The molecule has 0 spiro atoms. The van der Waals surface area contributed by atoms with Gasteiger partial charge in [-0.2, -0.15) is 0 Å². The lowest BCUT2D eigenvalue weighted by molar-refractivity contribution is -0.150. The molecule has 5 heteroatoms. The van der Waals surface area contributed by atoms with E-state index < -0.39 is 11.4 Å². The third-order valence-corrected chi connectivity index (χ3v) is 5.13. The predicted molar refractivity (Wildman–Crippen MR) is 76.6 cm³/mol. The van der Waals surface area contributed by atoms with Crippen molar-refractivity contribution in [2.75, 3.05) is 13.1 Å². The molecular formula is C15H26N2O3. The molecular weight excluding hydrogens is 256 g/mol. The van der Waals surface area contributed by atoms with Crippen LogP contribution in [0.25, 0.3) is 0 Å². The van der Waals surface area contributed by atoms with Crippen LogP contribution in [0.2, 0.25) is 0 Å². The summed E-state index contributed by atoms with van der Waals surface area (Å²) in [6.45, 7) is 7.13. The highest BCUT2D eigenvalue weighted by molar-refractivity contribution is 5.77. The van der Waals surface area contributed by atoms with Crippen molar-refractivity contribution >= 4 is 12.0 Å². The smallest absolute Gasteiger partial charge is 0.320 e. The van der Waals surface area contributed by atoms with Crippen molar-refractivity contribution in [2.45, 2.75) is 65.0 Å². The van der Waals surface area contributed by atoms with E-state index in [4.69, 9.17) is 0 Å². The predicted octanol–water partition coefficient (Wildman–Crippen LogP) is 2.56. The molecule has 1 N–H and O–H groups in total. The Bertz CT molecular complexity index is 389. The number of piperidine rings is 1. The molecule has 20 heavy (non-hydrogen) atoms. The van der Waals surface area contributed by atoms with Gasteiger partial charge in [0.1, 0.15) is 0 Å². The molecule has 0 bridgehead atoms. The number of hydrogen-bond donors (Lipinski definition) is 1.